The summed E-state index contributed by atoms with van der Waals surface area (Å²) in [6.45, 7) is 1.83. The SMILES string of the molecule is Cc1cc(=O)n(-c2ccccc2N)[nH]1. The molecule has 0 radical (unpaired) electrons. The van der Waals surface area contributed by atoms with Gasteiger partial charge in [0.05, 0.1) is 11.4 Å². The number of rotatable bonds is 1. The van der Waals surface area contributed by atoms with E-state index in [4.69, 9.17) is 5.73 Å². The Morgan fingerprint density at radius 1 is 1.36 bits per heavy atom. The molecule has 0 amide bonds. The molecule has 0 aliphatic heterocycles. The van der Waals surface area contributed by atoms with E-state index in [0.29, 0.717) is 11.4 Å². The Kier molecular flexibility index (Phi) is 1.89. The molecule has 2 aromatic rings. The monoisotopic (exact) mass is 189 g/mol. The van der Waals surface area contributed by atoms with E-state index in [0.717, 1.165) is 5.69 Å². The fraction of sp³-hybridized carbons (Fsp3) is 0.100. The lowest BCUT2D eigenvalue weighted by molar-refractivity contribution is 0.837. The quantitative estimate of drug-likeness (QED) is 0.659. The van der Waals surface area contributed by atoms with Crippen molar-refractivity contribution in [1.82, 2.24) is 9.78 Å². The highest BCUT2D eigenvalue weighted by Gasteiger charge is 2.04. The third-order valence-corrected chi connectivity index (χ3v) is 2.03. The second kappa shape index (κ2) is 3.06. The van der Waals surface area contributed by atoms with E-state index in [-0.39, 0.29) is 5.56 Å². The van der Waals surface area contributed by atoms with Gasteiger partial charge in [0, 0.05) is 11.8 Å². The first kappa shape index (κ1) is 8.62. The van der Waals surface area contributed by atoms with Crippen LogP contribution >= 0.6 is 0 Å². The number of nitrogens with one attached hydrogen (secondary N) is 1. The number of anilines is 1. The van der Waals surface area contributed by atoms with Gasteiger partial charge in [-0.1, -0.05) is 12.1 Å². The summed E-state index contributed by atoms with van der Waals surface area (Å²) in [4.78, 5) is 11.5. The normalized spacial score (nSPS) is 10.4. The standard InChI is InChI=1S/C10H11N3O/c1-7-6-10(14)13(12-7)9-5-3-2-4-8(9)11/h2-6,12H,11H2,1H3. The number of hydrogen-bond donors (Lipinski definition) is 2. The van der Waals surface area contributed by atoms with Gasteiger partial charge in [-0.15, -0.1) is 0 Å². The van der Waals surface area contributed by atoms with Crippen molar-refractivity contribution in [2.45, 2.75) is 6.92 Å². The van der Waals surface area contributed by atoms with Crippen LogP contribution in [0, 0.1) is 6.92 Å². The molecule has 0 spiro atoms. The number of nitrogens with zero attached hydrogens (tertiary/aromatic N) is 1. The molecule has 0 fully saturated rings. The fourth-order valence-electron chi connectivity index (χ4n) is 1.38. The number of aromatic nitrogens is 2. The molecule has 0 unspecified atom stereocenters. The lowest BCUT2D eigenvalue weighted by atomic mass is 10.3. The van der Waals surface area contributed by atoms with Gasteiger partial charge < -0.3 is 5.73 Å². The van der Waals surface area contributed by atoms with Crippen LogP contribution in [0.25, 0.3) is 5.69 Å². The van der Waals surface area contributed by atoms with E-state index in [1.165, 1.54) is 10.7 Å². The number of aromatic amines is 1. The molecule has 0 aliphatic carbocycles. The lowest BCUT2D eigenvalue weighted by Crippen LogP contribution is -2.14. The zero-order valence-corrected chi connectivity index (χ0v) is 7.82. The van der Waals surface area contributed by atoms with Crippen LogP contribution in [0.2, 0.25) is 0 Å². The average Bonchev–Trinajstić information content (AvgIpc) is 2.46. The van der Waals surface area contributed by atoms with Crippen molar-refractivity contribution < 1.29 is 0 Å². The summed E-state index contributed by atoms with van der Waals surface area (Å²) < 4.78 is 1.44. The molecule has 0 bridgehead atoms. The van der Waals surface area contributed by atoms with Crippen LogP contribution in [-0.2, 0) is 0 Å². The van der Waals surface area contributed by atoms with Crippen molar-refractivity contribution in [3.8, 4) is 5.69 Å². The zero-order valence-electron chi connectivity index (χ0n) is 7.82. The molecule has 4 nitrogen and oxygen atoms in total. The van der Waals surface area contributed by atoms with Gasteiger partial charge in [0.15, 0.2) is 0 Å². The average molecular weight is 189 g/mol. The van der Waals surface area contributed by atoms with Crippen LogP contribution in [0.1, 0.15) is 5.69 Å². The van der Waals surface area contributed by atoms with Crippen LogP contribution in [-0.4, -0.2) is 9.78 Å². The highest BCUT2D eigenvalue weighted by molar-refractivity contribution is 5.56. The molecule has 1 aromatic carbocycles. The van der Waals surface area contributed by atoms with Crippen LogP contribution < -0.4 is 11.3 Å². The minimum Gasteiger partial charge on any atom is -0.397 e. The van der Waals surface area contributed by atoms with Gasteiger partial charge in [-0.2, -0.15) is 0 Å². The number of nitrogens with two attached hydrogens (primary N) is 1. The second-order valence-electron chi connectivity index (χ2n) is 3.17. The molecule has 0 atom stereocenters. The molecule has 0 saturated carbocycles. The maximum absolute atomic E-state index is 11.5. The lowest BCUT2D eigenvalue weighted by Gasteiger charge is -2.04. The molecular formula is C10H11N3O. The van der Waals surface area contributed by atoms with Crippen LogP contribution in [0.4, 0.5) is 5.69 Å². The first-order valence-corrected chi connectivity index (χ1v) is 4.32. The Morgan fingerprint density at radius 3 is 2.64 bits per heavy atom. The predicted molar refractivity (Wildman–Crippen MR) is 55.5 cm³/mol. The van der Waals surface area contributed by atoms with Crippen LogP contribution in [0.3, 0.4) is 0 Å². The van der Waals surface area contributed by atoms with Crippen molar-refractivity contribution in [1.29, 1.82) is 0 Å². The molecular weight excluding hydrogens is 178 g/mol. The minimum absolute atomic E-state index is 0.0969. The van der Waals surface area contributed by atoms with Gasteiger partial charge in [-0.3, -0.25) is 9.89 Å². The van der Waals surface area contributed by atoms with Gasteiger partial charge in [-0.05, 0) is 19.1 Å². The third kappa shape index (κ3) is 1.31. The summed E-state index contributed by atoms with van der Waals surface area (Å²) in [6.07, 6.45) is 0. The van der Waals surface area contributed by atoms with Gasteiger partial charge in [0.1, 0.15) is 0 Å². The topological polar surface area (TPSA) is 63.8 Å². The summed E-state index contributed by atoms with van der Waals surface area (Å²) >= 11 is 0. The van der Waals surface area contributed by atoms with E-state index < -0.39 is 0 Å². The molecule has 2 rings (SSSR count). The number of benzene rings is 1. The Balaban J connectivity index is 2.66. The second-order valence-corrected chi connectivity index (χ2v) is 3.17. The third-order valence-electron chi connectivity index (χ3n) is 2.03. The van der Waals surface area contributed by atoms with E-state index in [1.807, 2.05) is 19.1 Å². The Bertz CT molecular complexity index is 510. The van der Waals surface area contributed by atoms with Crippen LogP contribution in [0.5, 0.6) is 0 Å². The number of para-hydroxylation sites is 2. The van der Waals surface area contributed by atoms with Gasteiger partial charge >= 0.3 is 0 Å². The first-order chi connectivity index (χ1) is 6.68. The summed E-state index contributed by atoms with van der Waals surface area (Å²) in [5.74, 6) is 0. The Hall–Kier alpha value is -1.97. The summed E-state index contributed by atoms with van der Waals surface area (Å²) in [5.41, 5.74) is 7.74. The van der Waals surface area contributed by atoms with Crippen LogP contribution in [0.15, 0.2) is 35.1 Å². The predicted octanol–water partition coefficient (Wildman–Crippen LogP) is 1.06. The van der Waals surface area contributed by atoms with Crippen molar-refractivity contribution in [2.75, 3.05) is 5.73 Å². The minimum atomic E-state index is -0.0969. The molecule has 14 heavy (non-hydrogen) atoms. The van der Waals surface area contributed by atoms with Crippen molar-refractivity contribution >= 4 is 5.69 Å². The van der Waals surface area contributed by atoms with E-state index in [9.17, 15) is 4.79 Å². The number of H-pyrrole nitrogens is 1. The van der Waals surface area contributed by atoms with E-state index >= 15 is 0 Å². The largest absolute Gasteiger partial charge is 0.397 e. The molecule has 4 heteroatoms. The first-order valence-electron chi connectivity index (χ1n) is 4.32. The molecule has 0 saturated heterocycles. The summed E-state index contributed by atoms with van der Waals surface area (Å²) in [5, 5.41) is 2.93. The molecule has 1 heterocycles. The van der Waals surface area contributed by atoms with Crippen molar-refractivity contribution in [2.24, 2.45) is 0 Å². The molecule has 72 valence electrons. The highest BCUT2D eigenvalue weighted by atomic mass is 16.1. The maximum atomic E-state index is 11.5. The van der Waals surface area contributed by atoms with Gasteiger partial charge in [-0.25, -0.2) is 4.68 Å². The van der Waals surface area contributed by atoms with E-state index in [1.54, 1.807) is 12.1 Å². The van der Waals surface area contributed by atoms with E-state index in [2.05, 4.69) is 5.10 Å². The fourth-order valence-corrected chi connectivity index (χ4v) is 1.38. The molecule has 0 aliphatic rings. The van der Waals surface area contributed by atoms with Gasteiger partial charge in [0.25, 0.3) is 5.56 Å². The maximum Gasteiger partial charge on any atom is 0.271 e. The smallest absolute Gasteiger partial charge is 0.271 e. The Labute approximate surface area is 81.0 Å². The van der Waals surface area contributed by atoms with Crippen molar-refractivity contribution in [3.05, 3.63) is 46.4 Å². The number of hydrogen-bond acceptors (Lipinski definition) is 2. The van der Waals surface area contributed by atoms with Gasteiger partial charge in [0.2, 0.25) is 0 Å². The number of nitrogen functional groups attached to an aromatic ring is 1. The summed E-state index contributed by atoms with van der Waals surface area (Å²) in [7, 11) is 0. The highest BCUT2D eigenvalue weighted by Crippen LogP contribution is 2.13. The molecule has 3 N–H and O–H groups in total. The number of aryl methyl sites for hydroxylation is 1. The molecule has 1 aromatic heterocycles. The summed E-state index contributed by atoms with van der Waals surface area (Å²) in [6, 6.07) is 8.77. The Morgan fingerprint density at radius 2 is 2.07 bits per heavy atom. The van der Waals surface area contributed by atoms with Crippen molar-refractivity contribution in [3.63, 3.8) is 0 Å². The zero-order chi connectivity index (χ0) is 10.1.